The van der Waals surface area contributed by atoms with E-state index in [4.69, 9.17) is 5.26 Å². The van der Waals surface area contributed by atoms with Gasteiger partial charge >= 0.3 is 0 Å². The Bertz CT molecular complexity index is 587. The van der Waals surface area contributed by atoms with Gasteiger partial charge in [-0.05, 0) is 46.6 Å². The zero-order valence-corrected chi connectivity index (χ0v) is 9.47. The molecule has 0 amide bonds. The highest BCUT2D eigenvalue weighted by Gasteiger charge is 2.10. The molecule has 2 nitrogen and oxygen atoms in total. The predicted octanol–water partition coefficient (Wildman–Crippen LogP) is 3.32. The van der Waals surface area contributed by atoms with Crippen molar-refractivity contribution in [2.45, 2.75) is 6.92 Å². The summed E-state index contributed by atoms with van der Waals surface area (Å²) >= 11 is 3.12. The van der Waals surface area contributed by atoms with Crippen molar-refractivity contribution in [2.75, 3.05) is 0 Å². The van der Waals surface area contributed by atoms with Crippen molar-refractivity contribution in [1.29, 1.82) is 5.26 Å². The van der Waals surface area contributed by atoms with E-state index >= 15 is 0 Å². The third-order valence-corrected chi connectivity index (χ3v) is 2.77. The Morgan fingerprint density at radius 1 is 1.47 bits per heavy atom. The largest absolute Gasteiger partial charge is 0.234 e. The quantitative estimate of drug-likeness (QED) is 0.732. The van der Waals surface area contributed by atoms with Gasteiger partial charge in [-0.25, -0.2) is 9.37 Å². The van der Waals surface area contributed by atoms with E-state index in [-0.39, 0.29) is 11.2 Å². The van der Waals surface area contributed by atoms with Gasteiger partial charge < -0.3 is 0 Å². The summed E-state index contributed by atoms with van der Waals surface area (Å²) in [5.74, 6) is -0.423. The standard InChI is InChI=1S/C11H6BrFN2/c1-6-4-9(12)10(13)11-8(6)3-2-7(5-14)15-11/h2-4H,1H3. The van der Waals surface area contributed by atoms with Crippen molar-refractivity contribution < 1.29 is 4.39 Å². The van der Waals surface area contributed by atoms with Crippen LogP contribution in [0, 0.1) is 24.1 Å². The average molecular weight is 265 g/mol. The molecule has 0 aliphatic rings. The smallest absolute Gasteiger partial charge is 0.163 e. The molecule has 0 aliphatic carbocycles. The highest BCUT2D eigenvalue weighted by Crippen LogP contribution is 2.26. The molecule has 1 aromatic carbocycles. The molecule has 0 fully saturated rings. The van der Waals surface area contributed by atoms with Gasteiger partial charge in [-0.3, -0.25) is 0 Å². The number of pyridine rings is 1. The van der Waals surface area contributed by atoms with E-state index in [1.165, 1.54) is 0 Å². The van der Waals surface area contributed by atoms with Crippen LogP contribution in [0.2, 0.25) is 0 Å². The Labute approximate surface area is 94.5 Å². The van der Waals surface area contributed by atoms with Crippen LogP contribution in [0.25, 0.3) is 10.9 Å². The maximum Gasteiger partial charge on any atom is 0.163 e. The number of aryl methyl sites for hydroxylation is 1. The first-order valence-corrected chi connectivity index (χ1v) is 5.08. The van der Waals surface area contributed by atoms with Gasteiger partial charge in [0.1, 0.15) is 17.3 Å². The Hall–Kier alpha value is -1.47. The van der Waals surface area contributed by atoms with Crippen LogP contribution >= 0.6 is 15.9 Å². The number of fused-ring (bicyclic) bond motifs is 1. The van der Waals surface area contributed by atoms with E-state index < -0.39 is 5.82 Å². The molecule has 0 saturated heterocycles. The lowest BCUT2D eigenvalue weighted by atomic mass is 10.1. The first kappa shape index (κ1) is 10.1. The Kier molecular flexibility index (Phi) is 2.41. The Morgan fingerprint density at radius 3 is 2.87 bits per heavy atom. The molecule has 4 heteroatoms. The molecule has 0 saturated carbocycles. The lowest BCUT2D eigenvalue weighted by Crippen LogP contribution is -1.91. The second-order valence-corrected chi connectivity index (χ2v) is 4.05. The zero-order valence-electron chi connectivity index (χ0n) is 7.88. The molecule has 2 aromatic rings. The first-order chi connectivity index (χ1) is 7.13. The van der Waals surface area contributed by atoms with Crippen LogP contribution < -0.4 is 0 Å². The van der Waals surface area contributed by atoms with Crippen molar-refractivity contribution in [3.05, 3.63) is 39.7 Å². The fraction of sp³-hybridized carbons (Fsp3) is 0.0909. The van der Waals surface area contributed by atoms with Gasteiger partial charge in [0.2, 0.25) is 0 Å². The summed E-state index contributed by atoms with van der Waals surface area (Å²) < 4.78 is 14.0. The highest BCUT2D eigenvalue weighted by atomic mass is 79.9. The second kappa shape index (κ2) is 3.59. The fourth-order valence-electron chi connectivity index (χ4n) is 1.45. The maximum absolute atomic E-state index is 13.7. The van der Waals surface area contributed by atoms with E-state index in [1.807, 2.05) is 13.0 Å². The van der Waals surface area contributed by atoms with Gasteiger partial charge in [-0.2, -0.15) is 5.26 Å². The van der Waals surface area contributed by atoms with E-state index in [1.54, 1.807) is 18.2 Å². The summed E-state index contributed by atoms with van der Waals surface area (Å²) in [5.41, 5.74) is 1.38. The number of aromatic nitrogens is 1. The van der Waals surface area contributed by atoms with Crippen LogP contribution in [-0.2, 0) is 0 Å². The lowest BCUT2D eigenvalue weighted by Gasteiger charge is -2.04. The summed E-state index contributed by atoms with van der Waals surface area (Å²) in [4.78, 5) is 3.95. The summed E-state index contributed by atoms with van der Waals surface area (Å²) in [5, 5.41) is 9.41. The Morgan fingerprint density at radius 2 is 2.20 bits per heavy atom. The van der Waals surface area contributed by atoms with Crippen LogP contribution in [0.3, 0.4) is 0 Å². The van der Waals surface area contributed by atoms with Gasteiger partial charge in [-0.15, -0.1) is 0 Å². The van der Waals surface area contributed by atoms with Gasteiger partial charge in [0.15, 0.2) is 5.82 Å². The normalized spacial score (nSPS) is 10.3. The first-order valence-electron chi connectivity index (χ1n) is 4.29. The SMILES string of the molecule is Cc1cc(Br)c(F)c2nc(C#N)ccc12. The van der Waals surface area contributed by atoms with Crippen LogP contribution in [0.5, 0.6) is 0 Å². The second-order valence-electron chi connectivity index (χ2n) is 3.19. The van der Waals surface area contributed by atoms with Crippen LogP contribution in [0.1, 0.15) is 11.3 Å². The monoisotopic (exact) mass is 264 g/mol. The molecule has 0 aliphatic heterocycles. The molecule has 15 heavy (non-hydrogen) atoms. The number of rotatable bonds is 0. The van der Waals surface area contributed by atoms with Gasteiger partial charge in [0, 0.05) is 5.39 Å². The number of halogens is 2. The molecule has 0 unspecified atom stereocenters. The number of benzene rings is 1. The third kappa shape index (κ3) is 1.59. The van der Waals surface area contributed by atoms with Crippen LogP contribution in [-0.4, -0.2) is 4.98 Å². The predicted molar refractivity (Wildman–Crippen MR) is 58.9 cm³/mol. The third-order valence-electron chi connectivity index (χ3n) is 2.20. The van der Waals surface area contributed by atoms with Crippen molar-refractivity contribution in [3.63, 3.8) is 0 Å². The lowest BCUT2D eigenvalue weighted by molar-refractivity contribution is 0.630. The van der Waals surface area contributed by atoms with Crippen molar-refractivity contribution in [3.8, 4) is 6.07 Å². The molecular weight excluding hydrogens is 259 g/mol. The number of nitriles is 1. The van der Waals surface area contributed by atoms with Gasteiger partial charge in [-0.1, -0.05) is 0 Å². The molecule has 0 atom stereocenters. The Balaban J connectivity index is 2.93. The minimum atomic E-state index is -0.423. The average Bonchev–Trinajstić information content (AvgIpc) is 2.25. The van der Waals surface area contributed by atoms with Crippen molar-refractivity contribution in [2.24, 2.45) is 0 Å². The van der Waals surface area contributed by atoms with E-state index in [9.17, 15) is 4.39 Å². The van der Waals surface area contributed by atoms with E-state index in [2.05, 4.69) is 20.9 Å². The minimum Gasteiger partial charge on any atom is -0.234 e. The van der Waals surface area contributed by atoms with Crippen molar-refractivity contribution >= 4 is 26.8 Å². The van der Waals surface area contributed by atoms with Gasteiger partial charge in [0.05, 0.1) is 4.47 Å². The summed E-state index contributed by atoms with van der Waals surface area (Å²) in [6, 6.07) is 6.89. The summed E-state index contributed by atoms with van der Waals surface area (Å²) in [6.07, 6.45) is 0. The van der Waals surface area contributed by atoms with Gasteiger partial charge in [0.25, 0.3) is 0 Å². The highest BCUT2D eigenvalue weighted by molar-refractivity contribution is 9.10. The molecule has 1 aromatic heterocycles. The molecule has 0 N–H and O–H groups in total. The number of nitrogens with zero attached hydrogens (tertiary/aromatic N) is 2. The van der Waals surface area contributed by atoms with Crippen molar-refractivity contribution in [1.82, 2.24) is 4.98 Å². The van der Waals surface area contributed by atoms with E-state index in [0.29, 0.717) is 4.47 Å². The maximum atomic E-state index is 13.7. The molecular formula is C11H6BrFN2. The number of hydrogen-bond acceptors (Lipinski definition) is 2. The molecule has 2 rings (SSSR count). The van der Waals surface area contributed by atoms with Crippen LogP contribution in [0.4, 0.5) is 4.39 Å². The molecule has 0 radical (unpaired) electrons. The van der Waals surface area contributed by atoms with E-state index in [0.717, 1.165) is 10.9 Å². The summed E-state index contributed by atoms with van der Waals surface area (Å²) in [6.45, 7) is 1.88. The minimum absolute atomic E-state index is 0.221. The fourth-order valence-corrected chi connectivity index (χ4v) is 1.98. The van der Waals surface area contributed by atoms with Crippen LogP contribution in [0.15, 0.2) is 22.7 Å². The molecule has 0 spiro atoms. The topological polar surface area (TPSA) is 36.7 Å². The molecule has 74 valence electrons. The summed E-state index contributed by atoms with van der Waals surface area (Å²) in [7, 11) is 0. The zero-order chi connectivity index (χ0) is 11.0. The molecule has 1 heterocycles. The molecule has 0 bridgehead atoms. The number of hydrogen-bond donors (Lipinski definition) is 0.